The second-order valence-electron chi connectivity index (χ2n) is 6.37. The maximum atomic E-state index is 12.7. The SMILES string of the molecule is CCOc1cccc2cc(C(=O)Nc3cc(N4CCOCC4)ncn3)c(=O)oc12. The number of hydrogen-bond acceptors (Lipinski definition) is 8. The van der Waals surface area contributed by atoms with E-state index >= 15 is 0 Å². The van der Waals surface area contributed by atoms with Crippen LogP contribution in [0.5, 0.6) is 5.75 Å². The van der Waals surface area contributed by atoms with E-state index in [1.807, 2.05) is 11.8 Å². The number of morpholine rings is 1. The van der Waals surface area contributed by atoms with Gasteiger partial charge in [-0.3, -0.25) is 4.79 Å². The van der Waals surface area contributed by atoms with Crippen molar-refractivity contribution in [1.29, 1.82) is 0 Å². The van der Waals surface area contributed by atoms with Gasteiger partial charge in [0.1, 0.15) is 23.5 Å². The van der Waals surface area contributed by atoms with Crippen LogP contribution < -0.4 is 20.6 Å². The molecule has 0 bridgehead atoms. The molecule has 0 radical (unpaired) electrons. The summed E-state index contributed by atoms with van der Waals surface area (Å²) in [5, 5.41) is 3.24. The minimum absolute atomic E-state index is 0.113. The molecule has 1 fully saturated rings. The number of benzene rings is 1. The zero-order valence-electron chi connectivity index (χ0n) is 15.9. The third-order valence-electron chi connectivity index (χ3n) is 4.50. The monoisotopic (exact) mass is 396 g/mol. The number of carbonyl (C=O) groups is 1. The lowest BCUT2D eigenvalue weighted by molar-refractivity contribution is 0.102. The Labute approximate surface area is 166 Å². The summed E-state index contributed by atoms with van der Waals surface area (Å²) in [4.78, 5) is 35.4. The lowest BCUT2D eigenvalue weighted by Gasteiger charge is -2.27. The summed E-state index contributed by atoms with van der Waals surface area (Å²) in [5.41, 5.74) is -0.546. The Bertz CT molecular complexity index is 1090. The molecule has 9 heteroatoms. The number of para-hydroxylation sites is 1. The van der Waals surface area contributed by atoms with Crippen LogP contribution >= 0.6 is 0 Å². The first-order chi connectivity index (χ1) is 14.2. The standard InChI is InChI=1S/C20H20N4O5/c1-2-28-15-5-3-4-13-10-14(20(26)29-18(13)15)19(25)23-16-11-17(22-12-21-16)24-6-8-27-9-7-24/h3-5,10-12H,2,6-9H2,1H3,(H,21,22,23,25). The fourth-order valence-electron chi connectivity index (χ4n) is 3.11. The molecule has 4 rings (SSSR count). The molecule has 1 saturated heterocycles. The van der Waals surface area contributed by atoms with Crippen molar-refractivity contribution < 1.29 is 18.7 Å². The van der Waals surface area contributed by atoms with E-state index in [-0.39, 0.29) is 5.56 Å². The zero-order chi connectivity index (χ0) is 20.2. The summed E-state index contributed by atoms with van der Waals surface area (Å²) in [7, 11) is 0. The third kappa shape index (κ3) is 4.04. The predicted molar refractivity (Wildman–Crippen MR) is 107 cm³/mol. The number of aromatic nitrogens is 2. The van der Waals surface area contributed by atoms with E-state index in [0.29, 0.717) is 61.3 Å². The molecule has 0 spiro atoms. The van der Waals surface area contributed by atoms with Crippen LogP contribution in [-0.2, 0) is 4.74 Å². The van der Waals surface area contributed by atoms with E-state index in [1.54, 1.807) is 24.3 Å². The fraction of sp³-hybridized carbons (Fsp3) is 0.300. The van der Waals surface area contributed by atoms with Gasteiger partial charge in [-0.1, -0.05) is 12.1 Å². The number of amides is 1. The molecule has 0 unspecified atom stereocenters. The van der Waals surface area contributed by atoms with Crippen molar-refractivity contribution in [3.63, 3.8) is 0 Å². The number of hydrogen-bond donors (Lipinski definition) is 1. The average Bonchev–Trinajstić information content (AvgIpc) is 2.75. The van der Waals surface area contributed by atoms with Crippen molar-refractivity contribution in [2.75, 3.05) is 43.1 Å². The molecular formula is C20H20N4O5. The van der Waals surface area contributed by atoms with Gasteiger partial charge < -0.3 is 24.1 Å². The van der Waals surface area contributed by atoms with E-state index in [0.717, 1.165) is 0 Å². The Morgan fingerprint density at radius 1 is 1.24 bits per heavy atom. The van der Waals surface area contributed by atoms with Gasteiger partial charge in [-0.25, -0.2) is 14.8 Å². The highest BCUT2D eigenvalue weighted by atomic mass is 16.5. The van der Waals surface area contributed by atoms with Crippen LogP contribution in [0, 0.1) is 0 Å². The Hall–Kier alpha value is -3.46. The Kier molecular flexibility index (Phi) is 5.39. The number of ether oxygens (including phenoxy) is 2. The molecule has 3 heterocycles. The van der Waals surface area contributed by atoms with E-state index in [2.05, 4.69) is 15.3 Å². The van der Waals surface area contributed by atoms with Gasteiger partial charge in [0.05, 0.1) is 19.8 Å². The minimum Gasteiger partial charge on any atom is -0.490 e. The smallest absolute Gasteiger partial charge is 0.349 e. The van der Waals surface area contributed by atoms with Crippen LogP contribution in [0.25, 0.3) is 11.0 Å². The van der Waals surface area contributed by atoms with Crippen molar-refractivity contribution in [3.8, 4) is 5.75 Å². The molecule has 9 nitrogen and oxygen atoms in total. The number of nitrogens with one attached hydrogen (secondary N) is 1. The predicted octanol–water partition coefficient (Wildman–Crippen LogP) is 2.07. The maximum absolute atomic E-state index is 12.7. The highest BCUT2D eigenvalue weighted by Crippen LogP contribution is 2.25. The Morgan fingerprint density at radius 2 is 2.07 bits per heavy atom. The molecule has 0 atom stereocenters. The summed E-state index contributed by atoms with van der Waals surface area (Å²) < 4.78 is 16.2. The number of rotatable bonds is 5. The summed E-state index contributed by atoms with van der Waals surface area (Å²) in [6.07, 6.45) is 1.37. The second kappa shape index (κ2) is 8.27. The average molecular weight is 396 g/mol. The first-order valence-electron chi connectivity index (χ1n) is 9.31. The molecule has 2 aromatic heterocycles. The third-order valence-corrected chi connectivity index (χ3v) is 4.50. The maximum Gasteiger partial charge on any atom is 0.349 e. The zero-order valence-corrected chi connectivity index (χ0v) is 15.9. The summed E-state index contributed by atoms with van der Waals surface area (Å²) in [6.45, 7) is 4.93. The minimum atomic E-state index is -0.746. The van der Waals surface area contributed by atoms with Gasteiger partial charge in [-0.2, -0.15) is 0 Å². The highest BCUT2D eigenvalue weighted by Gasteiger charge is 2.18. The summed E-state index contributed by atoms with van der Waals surface area (Å²) in [5.74, 6) is 0.841. The molecular weight excluding hydrogens is 376 g/mol. The van der Waals surface area contributed by atoms with Crippen molar-refractivity contribution in [3.05, 3.63) is 52.6 Å². The Morgan fingerprint density at radius 3 is 2.86 bits per heavy atom. The van der Waals surface area contributed by atoms with E-state index in [4.69, 9.17) is 13.9 Å². The van der Waals surface area contributed by atoms with Gasteiger partial charge in [0, 0.05) is 24.5 Å². The number of nitrogens with zero attached hydrogens (tertiary/aromatic N) is 3. The summed E-state index contributed by atoms with van der Waals surface area (Å²) in [6, 6.07) is 8.39. The first kappa shape index (κ1) is 18.9. The molecule has 1 aromatic carbocycles. The van der Waals surface area contributed by atoms with Crippen molar-refractivity contribution in [2.24, 2.45) is 0 Å². The number of anilines is 2. The van der Waals surface area contributed by atoms with Crippen LogP contribution in [0.2, 0.25) is 0 Å². The lowest BCUT2D eigenvalue weighted by atomic mass is 10.1. The number of fused-ring (bicyclic) bond motifs is 1. The topological polar surface area (TPSA) is 107 Å². The fourth-order valence-corrected chi connectivity index (χ4v) is 3.11. The van der Waals surface area contributed by atoms with Gasteiger partial charge in [0.15, 0.2) is 11.3 Å². The van der Waals surface area contributed by atoms with Crippen molar-refractivity contribution in [1.82, 2.24) is 9.97 Å². The second-order valence-corrected chi connectivity index (χ2v) is 6.37. The molecule has 1 aliphatic rings. The molecule has 29 heavy (non-hydrogen) atoms. The van der Waals surface area contributed by atoms with Gasteiger partial charge in [-0.15, -0.1) is 0 Å². The quantitative estimate of drug-likeness (QED) is 0.653. The largest absolute Gasteiger partial charge is 0.490 e. The molecule has 1 amide bonds. The van der Waals surface area contributed by atoms with Gasteiger partial charge in [-0.05, 0) is 19.1 Å². The highest BCUT2D eigenvalue weighted by molar-refractivity contribution is 6.05. The van der Waals surface area contributed by atoms with Crippen LogP contribution in [0.4, 0.5) is 11.6 Å². The van der Waals surface area contributed by atoms with Gasteiger partial charge >= 0.3 is 5.63 Å². The Balaban J connectivity index is 1.59. The molecule has 0 saturated carbocycles. The normalized spacial score (nSPS) is 14.0. The van der Waals surface area contributed by atoms with E-state index < -0.39 is 11.5 Å². The lowest BCUT2D eigenvalue weighted by Crippen LogP contribution is -2.36. The van der Waals surface area contributed by atoms with E-state index in [1.165, 1.54) is 12.4 Å². The molecule has 3 aromatic rings. The van der Waals surface area contributed by atoms with Crippen LogP contribution in [-0.4, -0.2) is 48.8 Å². The van der Waals surface area contributed by atoms with Gasteiger partial charge in [0.25, 0.3) is 5.91 Å². The first-order valence-corrected chi connectivity index (χ1v) is 9.31. The van der Waals surface area contributed by atoms with Crippen molar-refractivity contribution in [2.45, 2.75) is 6.92 Å². The van der Waals surface area contributed by atoms with Crippen molar-refractivity contribution >= 4 is 28.5 Å². The molecule has 150 valence electrons. The van der Waals surface area contributed by atoms with E-state index in [9.17, 15) is 9.59 Å². The molecule has 1 aliphatic heterocycles. The van der Waals surface area contributed by atoms with Crippen LogP contribution in [0.15, 0.2) is 45.9 Å². The van der Waals surface area contributed by atoms with Crippen LogP contribution in [0.3, 0.4) is 0 Å². The van der Waals surface area contributed by atoms with Gasteiger partial charge in [0.2, 0.25) is 0 Å². The van der Waals surface area contributed by atoms with Crippen LogP contribution in [0.1, 0.15) is 17.3 Å². The number of carbonyl (C=O) groups excluding carboxylic acids is 1. The summed E-state index contributed by atoms with van der Waals surface area (Å²) >= 11 is 0. The molecule has 1 N–H and O–H groups in total. The molecule has 0 aliphatic carbocycles.